The van der Waals surface area contributed by atoms with Gasteiger partial charge in [0.1, 0.15) is 0 Å². The van der Waals surface area contributed by atoms with Crippen LogP contribution in [-0.2, 0) is 0 Å². The van der Waals surface area contributed by atoms with Gasteiger partial charge in [0.15, 0.2) is 17.5 Å². The molecule has 70 heavy (non-hydrogen) atoms. The lowest BCUT2D eigenvalue weighted by Gasteiger charge is -2.13. The van der Waals surface area contributed by atoms with Crippen LogP contribution in [0.5, 0.6) is 0 Å². The molecule has 0 aliphatic rings. The van der Waals surface area contributed by atoms with Crippen LogP contribution < -0.4 is 21.3 Å². The number of aromatic nitrogens is 3. The van der Waals surface area contributed by atoms with Gasteiger partial charge in [-0.2, -0.15) is 0 Å². The fourth-order valence-corrected chi connectivity index (χ4v) is 9.37. The lowest BCUT2D eigenvalue weighted by atomic mass is 9.92. The molecular formula is C63H51N7. The van der Waals surface area contributed by atoms with E-state index in [0.717, 1.165) is 89.5 Å². The van der Waals surface area contributed by atoms with Crippen LogP contribution in [-0.4, -0.2) is 43.1 Å². The highest BCUT2D eigenvalue weighted by Gasteiger charge is 2.16. The van der Waals surface area contributed by atoms with Crippen molar-refractivity contribution in [2.45, 2.75) is 0 Å². The molecule has 1 heterocycles. The second-order valence-electron chi connectivity index (χ2n) is 17.5. The van der Waals surface area contributed by atoms with E-state index in [1.54, 1.807) is 0 Å². The van der Waals surface area contributed by atoms with Crippen LogP contribution in [0.15, 0.2) is 212 Å². The normalized spacial score (nSPS) is 11.1. The molecule has 0 amide bonds. The Kier molecular flexibility index (Phi) is 11.7. The van der Waals surface area contributed by atoms with Crippen LogP contribution in [0.4, 0.5) is 22.7 Å². The maximum atomic E-state index is 5.18. The summed E-state index contributed by atoms with van der Waals surface area (Å²) in [4.78, 5) is 15.5. The van der Waals surface area contributed by atoms with E-state index in [9.17, 15) is 0 Å². The van der Waals surface area contributed by atoms with Crippen molar-refractivity contribution in [2.24, 2.45) is 0 Å². The Morgan fingerprint density at radius 3 is 0.857 bits per heavy atom. The molecule has 0 atom stereocenters. The Hall–Kier alpha value is -9.07. The summed E-state index contributed by atoms with van der Waals surface area (Å²) in [5.41, 5.74) is 18.3. The topological polar surface area (TPSA) is 86.8 Å². The molecule has 11 aromatic rings. The molecule has 1 aromatic heterocycles. The molecule has 0 radical (unpaired) electrons. The summed E-state index contributed by atoms with van der Waals surface area (Å²) in [6.07, 6.45) is 0. The summed E-state index contributed by atoms with van der Waals surface area (Å²) < 4.78 is 0. The second kappa shape index (κ2) is 18.9. The molecular weight excluding hydrogens is 855 g/mol. The summed E-state index contributed by atoms with van der Waals surface area (Å²) >= 11 is 0. The molecule has 0 fully saturated rings. The smallest absolute Gasteiger partial charge is 0.164 e. The lowest BCUT2D eigenvalue weighted by Crippen LogP contribution is -2.00. The van der Waals surface area contributed by atoms with Crippen LogP contribution >= 0.6 is 0 Å². The molecule has 0 unspecified atom stereocenters. The quantitative estimate of drug-likeness (QED) is 0.0909. The summed E-state index contributed by atoms with van der Waals surface area (Å²) in [6, 6.07) is 75.5. The molecule has 0 bridgehead atoms. The first-order valence-corrected chi connectivity index (χ1v) is 23.6. The molecule has 11 rings (SSSR count). The van der Waals surface area contributed by atoms with Gasteiger partial charge in [-0.3, -0.25) is 0 Å². The van der Waals surface area contributed by atoms with Crippen molar-refractivity contribution in [3.8, 4) is 89.8 Å². The predicted molar refractivity (Wildman–Crippen MR) is 297 cm³/mol. The molecule has 0 spiro atoms. The van der Waals surface area contributed by atoms with Gasteiger partial charge in [0.2, 0.25) is 0 Å². The average molecular weight is 906 g/mol. The lowest BCUT2D eigenvalue weighted by molar-refractivity contribution is 1.07. The van der Waals surface area contributed by atoms with Gasteiger partial charge in [0, 0.05) is 67.6 Å². The molecule has 0 saturated heterocycles. The Morgan fingerprint density at radius 1 is 0.243 bits per heavy atom. The van der Waals surface area contributed by atoms with Gasteiger partial charge in [-0.05, 0) is 144 Å². The highest BCUT2D eigenvalue weighted by atomic mass is 15.0. The molecule has 0 aliphatic carbocycles. The fraction of sp³-hybridized carbons (Fsp3) is 0.0635. The van der Waals surface area contributed by atoms with E-state index in [1.165, 1.54) is 27.1 Å². The molecule has 0 saturated carbocycles. The Bertz CT molecular complexity index is 3440. The van der Waals surface area contributed by atoms with Gasteiger partial charge in [-0.1, -0.05) is 146 Å². The number of benzene rings is 10. The van der Waals surface area contributed by atoms with Gasteiger partial charge in [-0.25, -0.2) is 15.0 Å². The number of hydrogen-bond donors (Lipinski definition) is 4. The van der Waals surface area contributed by atoms with Crippen LogP contribution in [0.3, 0.4) is 0 Å². The zero-order valence-electron chi connectivity index (χ0n) is 39.5. The first-order valence-electron chi connectivity index (χ1n) is 23.6. The predicted octanol–water partition coefficient (Wildman–Crippen LogP) is 15.7. The van der Waals surface area contributed by atoms with E-state index in [0.29, 0.717) is 17.5 Å². The first kappa shape index (κ1) is 43.5. The minimum atomic E-state index is 0.602. The van der Waals surface area contributed by atoms with E-state index in [2.05, 4.69) is 234 Å². The maximum absolute atomic E-state index is 5.18. The number of nitrogens with zero attached hydrogens (tertiary/aromatic N) is 3. The average Bonchev–Trinajstić information content (AvgIpc) is 3.44. The number of fused-ring (bicyclic) bond motifs is 2. The van der Waals surface area contributed by atoms with E-state index in [-0.39, 0.29) is 0 Å². The largest absolute Gasteiger partial charge is 0.388 e. The monoisotopic (exact) mass is 905 g/mol. The summed E-state index contributed by atoms with van der Waals surface area (Å²) in [7, 11) is 7.79. The van der Waals surface area contributed by atoms with E-state index < -0.39 is 0 Å². The third-order valence-electron chi connectivity index (χ3n) is 13.2. The van der Waals surface area contributed by atoms with Gasteiger partial charge in [0.05, 0.1) is 0 Å². The third kappa shape index (κ3) is 8.68. The van der Waals surface area contributed by atoms with Crippen molar-refractivity contribution < 1.29 is 0 Å². The molecule has 7 heteroatoms. The Labute approximate surface area is 409 Å². The first-order chi connectivity index (χ1) is 34.4. The van der Waals surface area contributed by atoms with Gasteiger partial charge >= 0.3 is 0 Å². The van der Waals surface area contributed by atoms with Crippen molar-refractivity contribution in [1.82, 2.24) is 15.0 Å². The zero-order valence-corrected chi connectivity index (χ0v) is 39.5. The minimum Gasteiger partial charge on any atom is -0.388 e. The molecule has 4 N–H and O–H groups in total. The minimum absolute atomic E-state index is 0.602. The van der Waals surface area contributed by atoms with Crippen molar-refractivity contribution in [3.63, 3.8) is 0 Å². The van der Waals surface area contributed by atoms with Crippen LogP contribution in [0, 0.1) is 0 Å². The molecule has 338 valence electrons. The summed E-state index contributed by atoms with van der Waals surface area (Å²) in [5.74, 6) is 1.81. The fourth-order valence-electron chi connectivity index (χ4n) is 9.37. The second-order valence-corrected chi connectivity index (χ2v) is 17.5. The molecule has 7 nitrogen and oxygen atoms in total. The Balaban J connectivity index is 0.979. The summed E-state index contributed by atoms with van der Waals surface area (Å²) in [5, 5.41) is 18.0. The number of nitrogens with one attached hydrogen (secondary N) is 4. The number of rotatable bonds is 12. The standard InChI is InChI=1S/C63H51N7/c1-64-54-29-25-42(26-30-54)52-34-50(36-56(38-52)66-3)40-13-19-45(20-14-40)61-68-62(46-21-15-41(16-22-46)51-35-53(39-57(37-51)67-4)43-27-31-55(65-2)32-28-43)70-63(69-61)47-23-17-44(18-24-47)60-58-11-7-5-9-48(58)33-49-10-6-8-12-59(49)60/h5-39,64-67H,1-4H3. The van der Waals surface area contributed by atoms with E-state index in [4.69, 9.17) is 15.0 Å². The molecule has 0 aliphatic heterocycles. The Morgan fingerprint density at radius 2 is 0.529 bits per heavy atom. The third-order valence-corrected chi connectivity index (χ3v) is 13.2. The number of hydrogen-bond acceptors (Lipinski definition) is 7. The zero-order chi connectivity index (χ0) is 47.6. The van der Waals surface area contributed by atoms with Crippen molar-refractivity contribution >= 4 is 44.3 Å². The van der Waals surface area contributed by atoms with E-state index >= 15 is 0 Å². The number of anilines is 4. The van der Waals surface area contributed by atoms with Crippen molar-refractivity contribution in [3.05, 3.63) is 212 Å². The highest BCUT2D eigenvalue weighted by Crippen LogP contribution is 2.39. The van der Waals surface area contributed by atoms with Crippen LogP contribution in [0.2, 0.25) is 0 Å². The van der Waals surface area contributed by atoms with Crippen LogP contribution in [0.25, 0.3) is 111 Å². The summed E-state index contributed by atoms with van der Waals surface area (Å²) in [6.45, 7) is 0. The van der Waals surface area contributed by atoms with Gasteiger partial charge in [-0.15, -0.1) is 0 Å². The molecule has 10 aromatic carbocycles. The van der Waals surface area contributed by atoms with Crippen LogP contribution in [0.1, 0.15) is 0 Å². The highest BCUT2D eigenvalue weighted by molar-refractivity contribution is 6.12. The van der Waals surface area contributed by atoms with Crippen molar-refractivity contribution in [2.75, 3.05) is 49.5 Å². The maximum Gasteiger partial charge on any atom is 0.164 e. The van der Waals surface area contributed by atoms with E-state index in [1.807, 2.05) is 28.2 Å². The van der Waals surface area contributed by atoms with Gasteiger partial charge < -0.3 is 21.3 Å². The van der Waals surface area contributed by atoms with Gasteiger partial charge in [0.25, 0.3) is 0 Å². The van der Waals surface area contributed by atoms with Crippen molar-refractivity contribution in [1.29, 1.82) is 0 Å². The SMILES string of the molecule is CNc1ccc(-c2cc(NC)cc(-c3ccc(-c4nc(-c5ccc(-c6cc(NC)cc(-c7ccc(NC)cc7)c6)cc5)nc(-c5ccc(-c6c7ccccc7cc7ccccc67)cc5)n4)cc3)c2)cc1.